The first-order valence-electron chi connectivity index (χ1n) is 7.41. The summed E-state index contributed by atoms with van der Waals surface area (Å²) < 4.78 is 0. The van der Waals surface area contributed by atoms with Gasteiger partial charge in [0.2, 0.25) is 5.91 Å². The van der Waals surface area contributed by atoms with Crippen LogP contribution in [0.25, 0.3) is 0 Å². The minimum atomic E-state index is -0.866. The fourth-order valence-electron chi connectivity index (χ4n) is 2.91. The van der Waals surface area contributed by atoms with Gasteiger partial charge in [-0.3, -0.25) is 9.59 Å². The molecule has 0 spiro atoms. The zero-order valence-electron chi connectivity index (χ0n) is 13.1. The monoisotopic (exact) mass is 335 g/mol. The Balaban J connectivity index is 2.21. The summed E-state index contributed by atoms with van der Waals surface area (Å²) in [5.74, 6) is -1.52. The van der Waals surface area contributed by atoms with Gasteiger partial charge in [0.25, 0.3) is 0 Å². The number of hydrogen-bond acceptors (Lipinski definition) is 4. The van der Waals surface area contributed by atoms with E-state index in [1.807, 2.05) is 6.07 Å². The SMILES string of the molecule is Cc1nc(Cl)c(C#N)c(C)c1CC(=O)N1CCCC(C(=O)O)C1. The Morgan fingerprint density at radius 3 is 2.78 bits per heavy atom. The van der Waals surface area contributed by atoms with Crippen molar-refractivity contribution in [3.05, 3.63) is 27.5 Å². The van der Waals surface area contributed by atoms with Crippen LogP contribution in [0, 0.1) is 31.1 Å². The lowest BCUT2D eigenvalue weighted by Crippen LogP contribution is -2.43. The number of piperidine rings is 1. The third kappa shape index (κ3) is 3.62. The second-order valence-electron chi connectivity index (χ2n) is 5.77. The molecule has 2 heterocycles. The molecular weight excluding hydrogens is 318 g/mol. The van der Waals surface area contributed by atoms with Crippen LogP contribution in [0.3, 0.4) is 0 Å². The van der Waals surface area contributed by atoms with Crippen molar-refractivity contribution >= 4 is 23.5 Å². The zero-order valence-corrected chi connectivity index (χ0v) is 13.9. The lowest BCUT2D eigenvalue weighted by molar-refractivity contribution is -0.145. The number of carboxylic acids is 1. The van der Waals surface area contributed by atoms with Crippen LogP contribution >= 0.6 is 11.6 Å². The van der Waals surface area contributed by atoms with Crippen LogP contribution in [0.5, 0.6) is 0 Å². The van der Waals surface area contributed by atoms with Crippen LogP contribution < -0.4 is 0 Å². The number of nitrogens with zero attached hydrogens (tertiary/aromatic N) is 3. The van der Waals surface area contributed by atoms with Crippen LogP contribution in [0.1, 0.15) is 35.2 Å². The van der Waals surface area contributed by atoms with Crippen LogP contribution in [0.2, 0.25) is 5.15 Å². The van der Waals surface area contributed by atoms with Crippen molar-refractivity contribution in [3.63, 3.8) is 0 Å². The number of likely N-dealkylation sites (tertiary alicyclic amines) is 1. The van der Waals surface area contributed by atoms with Crippen molar-refractivity contribution in [2.24, 2.45) is 5.92 Å². The molecule has 23 heavy (non-hydrogen) atoms. The van der Waals surface area contributed by atoms with Crippen LogP contribution in [-0.4, -0.2) is 40.0 Å². The van der Waals surface area contributed by atoms with Gasteiger partial charge in [-0.1, -0.05) is 11.6 Å². The fourth-order valence-corrected chi connectivity index (χ4v) is 3.22. The Morgan fingerprint density at radius 1 is 1.48 bits per heavy atom. The Morgan fingerprint density at radius 2 is 2.17 bits per heavy atom. The molecule has 1 fully saturated rings. The summed E-state index contributed by atoms with van der Waals surface area (Å²) in [7, 11) is 0. The normalized spacial score (nSPS) is 17.7. The van der Waals surface area contributed by atoms with Crippen molar-refractivity contribution in [1.29, 1.82) is 5.26 Å². The number of amides is 1. The summed E-state index contributed by atoms with van der Waals surface area (Å²) in [6.07, 6.45) is 1.38. The van der Waals surface area contributed by atoms with Gasteiger partial charge in [0.05, 0.1) is 17.9 Å². The summed E-state index contributed by atoms with van der Waals surface area (Å²) in [5, 5.41) is 18.4. The van der Waals surface area contributed by atoms with Gasteiger partial charge in [-0.25, -0.2) is 4.98 Å². The second-order valence-corrected chi connectivity index (χ2v) is 6.13. The van der Waals surface area contributed by atoms with Crippen LogP contribution in [-0.2, 0) is 16.0 Å². The highest BCUT2D eigenvalue weighted by atomic mass is 35.5. The maximum atomic E-state index is 12.5. The number of pyridine rings is 1. The quantitative estimate of drug-likeness (QED) is 0.853. The van der Waals surface area contributed by atoms with E-state index in [-0.39, 0.29) is 29.6 Å². The third-order valence-electron chi connectivity index (χ3n) is 4.30. The van der Waals surface area contributed by atoms with E-state index in [0.717, 1.165) is 0 Å². The lowest BCUT2D eigenvalue weighted by atomic mass is 9.96. The average Bonchev–Trinajstić information content (AvgIpc) is 2.51. The molecule has 0 radical (unpaired) electrons. The average molecular weight is 336 g/mol. The van der Waals surface area contributed by atoms with E-state index >= 15 is 0 Å². The number of carbonyl (C=O) groups is 2. The summed E-state index contributed by atoms with van der Waals surface area (Å²) in [6, 6.07) is 2.01. The molecule has 0 saturated carbocycles. The van der Waals surface area contributed by atoms with Gasteiger partial charge in [-0.05, 0) is 37.8 Å². The molecule has 1 aliphatic rings. The predicted octanol–water partition coefficient (Wildman–Crippen LogP) is 2.09. The van der Waals surface area contributed by atoms with E-state index < -0.39 is 11.9 Å². The maximum absolute atomic E-state index is 12.5. The number of aryl methyl sites for hydroxylation is 1. The van der Waals surface area contributed by atoms with Crippen LogP contribution in [0.15, 0.2) is 0 Å². The minimum Gasteiger partial charge on any atom is -0.481 e. The number of aromatic nitrogens is 1. The van der Waals surface area contributed by atoms with Gasteiger partial charge in [0, 0.05) is 18.8 Å². The smallest absolute Gasteiger partial charge is 0.308 e. The van der Waals surface area contributed by atoms with Gasteiger partial charge in [0.15, 0.2) is 0 Å². The molecule has 0 aliphatic carbocycles. The van der Waals surface area contributed by atoms with E-state index in [1.54, 1.807) is 18.7 Å². The number of hydrogen-bond donors (Lipinski definition) is 1. The zero-order chi connectivity index (χ0) is 17.1. The van der Waals surface area contributed by atoms with Crippen molar-refractivity contribution < 1.29 is 14.7 Å². The number of rotatable bonds is 3. The predicted molar refractivity (Wildman–Crippen MR) is 84.1 cm³/mol. The minimum absolute atomic E-state index is 0.100. The molecule has 1 aliphatic heterocycles. The van der Waals surface area contributed by atoms with Gasteiger partial charge < -0.3 is 10.0 Å². The first-order valence-corrected chi connectivity index (χ1v) is 7.79. The summed E-state index contributed by atoms with van der Waals surface area (Å²) in [4.78, 5) is 29.3. The molecular formula is C16H18ClN3O3. The lowest BCUT2D eigenvalue weighted by Gasteiger charge is -2.31. The Bertz CT molecular complexity index is 697. The van der Waals surface area contributed by atoms with Crippen molar-refractivity contribution in [2.75, 3.05) is 13.1 Å². The molecule has 6 nitrogen and oxygen atoms in total. The third-order valence-corrected chi connectivity index (χ3v) is 4.57. The van der Waals surface area contributed by atoms with Crippen molar-refractivity contribution in [2.45, 2.75) is 33.1 Å². The number of aliphatic carboxylic acids is 1. The van der Waals surface area contributed by atoms with Gasteiger partial charge in [-0.2, -0.15) is 5.26 Å². The Hall–Kier alpha value is -2.13. The van der Waals surface area contributed by atoms with Crippen molar-refractivity contribution in [3.8, 4) is 6.07 Å². The Kier molecular flexibility index (Phi) is 5.22. The molecule has 2 rings (SSSR count). The maximum Gasteiger partial charge on any atom is 0.308 e. The molecule has 1 saturated heterocycles. The van der Waals surface area contributed by atoms with Gasteiger partial charge in [0.1, 0.15) is 11.2 Å². The summed E-state index contributed by atoms with van der Waals surface area (Å²) in [6.45, 7) is 4.29. The molecule has 1 N–H and O–H groups in total. The standard InChI is InChI=1S/C16H18ClN3O3/c1-9-12(10(2)19-15(17)13(9)7-18)6-14(21)20-5-3-4-11(8-20)16(22)23/h11H,3-6,8H2,1-2H3,(H,22,23). The van der Waals surface area contributed by atoms with E-state index in [4.69, 9.17) is 22.0 Å². The van der Waals surface area contributed by atoms with Crippen molar-refractivity contribution in [1.82, 2.24) is 9.88 Å². The molecule has 0 aromatic carbocycles. The largest absolute Gasteiger partial charge is 0.481 e. The molecule has 1 amide bonds. The first kappa shape index (κ1) is 17.2. The highest BCUT2D eigenvalue weighted by molar-refractivity contribution is 6.30. The molecule has 1 aromatic rings. The summed E-state index contributed by atoms with van der Waals surface area (Å²) in [5.41, 5.74) is 2.24. The molecule has 1 atom stereocenters. The summed E-state index contributed by atoms with van der Waals surface area (Å²) >= 11 is 5.95. The fraction of sp³-hybridized carbons (Fsp3) is 0.500. The Labute approximate surface area is 139 Å². The highest BCUT2D eigenvalue weighted by Crippen LogP contribution is 2.24. The van der Waals surface area contributed by atoms with Gasteiger partial charge in [-0.15, -0.1) is 0 Å². The molecule has 122 valence electrons. The number of carbonyl (C=O) groups excluding carboxylic acids is 1. The van der Waals surface area contributed by atoms with Crippen LogP contribution in [0.4, 0.5) is 0 Å². The topological polar surface area (TPSA) is 94.3 Å². The molecule has 1 aromatic heterocycles. The first-order chi connectivity index (χ1) is 10.8. The van der Waals surface area contributed by atoms with E-state index in [1.165, 1.54) is 0 Å². The van der Waals surface area contributed by atoms with Gasteiger partial charge >= 0.3 is 5.97 Å². The number of carboxylic acid groups (broad SMARTS) is 1. The second kappa shape index (κ2) is 6.97. The number of nitriles is 1. The highest BCUT2D eigenvalue weighted by Gasteiger charge is 2.28. The molecule has 0 bridgehead atoms. The van der Waals surface area contributed by atoms with E-state index in [2.05, 4.69) is 4.98 Å². The van der Waals surface area contributed by atoms with E-state index in [9.17, 15) is 9.59 Å². The molecule has 1 unspecified atom stereocenters. The molecule has 7 heteroatoms. The van der Waals surface area contributed by atoms with E-state index in [0.29, 0.717) is 36.2 Å². The number of halogens is 1.